The number of anilines is 1. The lowest BCUT2D eigenvalue weighted by atomic mass is 10.00. The Kier molecular flexibility index (Phi) is 3.62. The van der Waals surface area contributed by atoms with E-state index in [0.717, 1.165) is 18.1 Å². The van der Waals surface area contributed by atoms with Gasteiger partial charge in [-0.05, 0) is 38.4 Å². The molecule has 0 aliphatic carbocycles. The van der Waals surface area contributed by atoms with Crippen molar-refractivity contribution in [2.45, 2.75) is 31.8 Å². The monoisotopic (exact) mass is 221 g/mol. The molecule has 2 N–H and O–H groups in total. The first-order chi connectivity index (χ1) is 7.79. The summed E-state index contributed by atoms with van der Waals surface area (Å²) in [5.74, 6) is 1.71. The number of hydrogen-bond donors (Lipinski definition) is 2. The Balaban J connectivity index is 1.96. The second kappa shape index (κ2) is 5.16. The molecule has 4 heteroatoms. The first-order valence-corrected chi connectivity index (χ1v) is 5.79. The van der Waals surface area contributed by atoms with E-state index in [1.54, 1.807) is 13.3 Å². The highest BCUT2D eigenvalue weighted by Crippen LogP contribution is 2.16. The Hall–Kier alpha value is -1.29. The predicted molar refractivity (Wildman–Crippen MR) is 64.9 cm³/mol. The minimum Gasteiger partial charge on any atom is -0.495 e. The molecule has 16 heavy (non-hydrogen) atoms. The summed E-state index contributed by atoms with van der Waals surface area (Å²) in [6, 6.07) is 4.85. The normalized spacial score (nSPS) is 25.1. The molecular weight excluding hydrogens is 202 g/mol. The Labute approximate surface area is 96.4 Å². The number of hydrogen-bond acceptors (Lipinski definition) is 4. The zero-order valence-electron chi connectivity index (χ0n) is 9.86. The summed E-state index contributed by atoms with van der Waals surface area (Å²) >= 11 is 0. The third kappa shape index (κ3) is 2.64. The van der Waals surface area contributed by atoms with Crippen molar-refractivity contribution >= 4 is 5.82 Å². The molecule has 4 nitrogen and oxygen atoms in total. The van der Waals surface area contributed by atoms with Gasteiger partial charge in [0.25, 0.3) is 0 Å². The number of nitrogens with one attached hydrogen (secondary N) is 2. The summed E-state index contributed by atoms with van der Waals surface area (Å²) in [5, 5.41) is 6.91. The van der Waals surface area contributed by atoms with Crippen molar-refractivity contribution < 1.29 is 4.74 Å². The van der Waals surface area contributed by atoms with E-state index < -0.39 is 0 Å². The van der Waals surface area contributed by atoms with Crippen LogP contribution in [0.25, 0.3) is 0 Å². The van der Waals surface area contributed by atoms with Crippen LogP contribution in [0.15, 0.2) is 18.3 Å². The van der Waals surface area contributed by atoms with Gasteiger partial charge in [0.1, 0.15) is 11.6 Å². The van der Waals surface area contributed by atoms with Gasteiger partial charge in [0, 0.05) is 12.1 Å². The summed E-state index contributed by atoms with van der Waals surface area (Å²) in [6.07, 6.45) is 4.16. The van der Waals surface area contributed by atoms with E-state index in [1.165, 1.54) is 12.8 Å². The maximum Gasteiger partial charge on any atom is 0.137 e. The number of rotatable bonds is 3. The fourth-order valence-corrected chi connectivity index (χ4v) is 2.02. The number of methoxy groups -OCH3 is 1. The van der Waals surface area contributed by atoms with Gasteiger partial charge in [0.2, 0.25) is 0 Å². The molecule has 1 aliphatic rings. The Bertz CT molecular complexity index is 326. The Morgan fingerprint density at radius 2 is 2.38 bits per heavy atom. The predicted octanol–water partition coefficient (Wildman–Crippen LogP) is 1.64. The zero-order valence-corrected chi connectivity index (χ0v) is 9.86. The number of aromatic nitrogens is 1. The van der Waals surface area contributed by atoms with E-state index >= 15 is 0 Å². The van der Waals surface area contributed by atoms with Crippen molar-refractivity contribution in [3.8, 4) is 5.75 Å². The van der Waals surface area contributed by atoms with E-state index in [4.69, 9.17) is 4.74 Å². The topological polar surface area (TPSA) is 46.2 Å². The number of pyridine rings is 1. The third-order valence-corrected chi connectivity index (χ3v) is 3.07. The average Bonchev–Trinajstić information content (AvgIpc) is 2.33. The summed E-state index contributed by atoms with van der Waals surface area (Å²) in [6.45, 7) is 3.33. The number of nitrogens with zero attached hydrogens (tertiary/aromatic N) is 1. The zero-order chi connectivity index (χ0) is 11.4. The van der Waals surface area contributed by atoms with Crippen molar-refractivity contribution in [2.24, 2.45) is 0 Å². The van der Waals surface area contributed by atoms with E-state index in [0.29, 0.717) is 12.1 Å². The molecule has 1 fully saturated rings. The Morgan fingerprint density at radius 1 is 1.50 bits per heavy atom. The minimum absolute atomic E-state index is 0.467. The molecule has 0 amide bonds. The first-order valence-electron chi connectivity index (χ1n) is 5.79. The second-order valence-corrected chi connectivity index (χ2v) is 4.22. The summed E-state index contributed by atoms with van der Waals surface area (Å²) in [5.41, 5.74) is 0. The van der Waals surface area contributed by atoms with Gasteiger partial charge in [-0.15, -0.1) is 0 Å². The molecule has 2 atom stereocenters. The van der Waals surface area contributed by atoms with Gasteiger partial charge in [-0.3, -0.25) is 0 Å². The van der Waals surface area contributed by atoms with E-state index in [1.807, 2.05) is 12.1 Å². The lowest BCUT2D eigenvalue weighted by molar-refractivity contribution is 0.388. The highest BCUT2D eigenvalue weighted by atomic mass is 16.5. The van der Waals surface area contributed by atoms with Crippen molar-refractivity contribution in [1.82, 2.24) is 10.3 Å². The summed E-state index contributed by atoms with van der Waals surface area (Å²) < 4.78 is 5.08. The average molecular weight is 221 g/mol. The third-order valence-electron chi connectivity index (χ3n) is 3.07. The van der Waals surface area contributed by atoms with Crippen molar-refractivity contribution in [3.05, 3.63) is 18.3 Å². The molecule has 1 aromatic heterocycles. The molecule has 1 saturated heterocycles. The summed E-state index contributed by atoms with van der Waals surface area (Å²) in [4.78, 5) is 4.31. The van der Waals surface area contributed by atoms with Gasteiger partial charge in [0.15, 0.2) is 0 Å². The molecular formula is C12H19N3O. The second-order valence-electron chi connectivity index (χ2n) is 4.22. The molecule has 1 aliphatic heterocycles. The smallest absolute Gasteiger partial charge is 0.137 e. The van der Waals surface area contributed by atoms with Crippen molar-refractivity contribution in [1.29, 1.82) is 0 Å². The van der Waals surface area contributed by atoms with Crippen LogP contribution in [0.5, 0.6) is 5.75 Å². The summed E-state index contributed by atoms with van der Waals surface area (Å²) in [7, 11) is 1.65. The van der Waals surface area contributed by atoms with Gasteiger partial charge >= 0.3 is 0 Å². The van der Waals surface area contributed by atoms with E-state index in [9.17, 15) is 0 Å². The van der Waals surface area contributed by atoms with Crippen LogP contribution in [0.4, 0.5) is 5.82 Å². The minimum atomic E-state index is 0.467. The molecule has 0 aromatic carbocycles. The molecule has 0 bridgehead atoms. The van der Waals surface area contributed by atoms with Gasteiger partial charge in [-0.1, -0.05) is 0 Å². The molecule has 2 rings (SSSR count). The van der Waals surface area contributed by atoms with E-state index in [-0.39, 0.29) is 0 Å². The SMILES string of the molecule is COc1ccc(NC2CCCNC2C)nc1. The van der Waals surface area contributed by atoms with Gasteiger partial charge in [0.05, 0.1) is 13.3 Å². The van der Waals surface area contributed by atoms with Crippen LogP contribution in [0.1, 0.15) is 19.8 Å². The fourth-order valence-electron chi connectivity index (χ4n) is 2.02. The highest BCUT2D eigenvalue weighted by molar-refractivity contribution is 5.38. The lowest BCUT2D eigenvalue weighted by Gasteiger charge is -2.31. The molecule has 88 valence electrons. The maximum atomic E-state index is 5.08. The number of piperidine rings is 1. The van der Waals surface area contributed by atoms with Crippen molar-refractivity contribution in [3.63, 3.8) is 0 Å². The van der Waals surface area contributed by atoms with Gasteiger partial charge in [-0.25, -0.2) is 4.98 Å². The Morgan fingerprint density at radius 3 is 3.00 bits per heavy atom. The standard InChI is InChI=1S/C12H19N3O/c1-9-11(4-3-7-13-9)15-12-6-5-10(16-2)8-14-12/h5-6,8-9,11,13H,3-4,7H2,1-2H3,(H,14,15). The fraction of sp³-hybridized carbons (Fsp3) is 0.583. The molecule has 0 spiro atoms. The molecule has 2 heterocycles. The maximum absolute atomic E-state index is 5.08. The molecule has 2 unspecified atom stereocenters. The van der Waals surface area contributed by atoms with Gasteiger partial charge in [-0.2, -0.15) is 0 Å². The largest absolute Gasteiger partial charge is 0.495 e. The van der Waals surface area contributed by atoms with Crippen LogP contribution in [-0.2, 0) is 0 Å². The van der Waals surface area contributed by atoms with E-state index in [2.05, 4.69) is 22.5 Å². The highest BCUT2D eigenvalue weighted by Gasteiger charge is 2.20. The number of ether oxygens (including phenoxy) is 1. The van der Waals surface area contributed by atoms with Crippen LogP contribution >= 0.6 is 0 Å². The molecule has 0 radical (unpaired) electrons. The van der Waals surface area contributed by atoms with Crippen molar-refractivity contribution in [2.75, 3.05) is 19.0 Å². The van der Waals surface area contributed by atoms with Crippen LogP contribution in [-0.4, -0.2) is 30.7 Å². The first kappa shape index (κ1) is 11.2. The quantitative estimate of drug-likeness (QED) is 0.814. The van der Waals surface area contributed by atoms with Crippen LogP contribution in [0.2, 0.25) is 0 Å². The molecule has 1 aromatic rings. The van der Waals surface area contributed by atoms with Gasteiger partial charge < -0.3 is 15.4 Å². The lowest BCUT2D eigenvalue weighted by Crippen LogP contribution is -2.46. The molecule has 0 saturated carbocycles. The van der Waals surface area contributed by atoms with Crippen LogP contribution in [0, 0.1) is 0 Å². The van der Waals surface area contributed by atoms with Crippen LogP contribution in [0.3, 0.4) is 0 Å². The van der Waals surface area contributed by atoms with Crippen LogP contribution < -0.4 is 15.4 Å².